The lowest BCUT2D eigenvalue weighted by Crippen LogP contribution is -2.25. The van der Waals surface area contributed by atoms with Crippen molar-refractivity contribution < 1.29 is 9.59 Å². The molecule has 1 atom stereocenters. The molecule has 0 saturated carbocycles. The summed E-state index contributed by atoms with van der Waals surface area (Å²) in [6, 6.07) is 8.04. The summed E-state index contributed by atoms with van der Waals surface area (Å²) in [5.74, 6) is -0.592. The molecule has 0 fully saturated rings. The highest BCUT2D eigenvalue weighted by Gasteiger charge is 2.20. The second kappa shape index (κ2) is 8.43. The van der Waals surface area contributed by atoms with Gasteiger partial charge in [0.15, 0.2) is 5.65 Å². The van der Waals surface area contributed by atoms with Crippen LogP contribution in [0.3, 0.4) is 0 Å². The summed E-state index contributed by atoms with van der Waals surface area (Å²) in [6.45, 7) is 7.29. The minimum absolute atomic E-state index is 0.247. The predicted octanol–water partition coefficient (Wildman–Crippen LogP) is 3.96. The molecule has 0 bridgehead atoms. The summed E-state index contributed by atoms with van der Waals surface area (Å²) < 4.78 is 3.22. The van der Waals surface area contributed by atoms with E-state index < -0.39 is 6.04 Å². The Morgan fingerprint density at radius 2 is 1.88 bits per heavy atom. The maximum Gasteiger partial charge on any atom is 0.261 e. The van der Waals surface area contributed by atoms with Gasteiger partial charge in [0.25, 0.3) is 5.91 Å². The number of carbonyl (C=O) groups excluding carboxylic acids is 2. The molecular formula is C22H22ClN7O2. The number of aryl methyl sites for hydroxylation is 3. The Morgan fingerprint density at radius 3 is 2.56 bits per heavy atom. The first-order valence-electron chi connectivity index (χ1n) is 9.99. The van der Waals surface area contributed by atoms with Crippen molar-refractivity contribution in [3.63, 3.8) is 0 Å². The van der Waals surface area contributed by atoms with Crippen molar-refractivity contribution >= 4 is 40.4 Å². The van der Waals surface area contributed by atoms with Crippen LogP contribution in [-0.4, -0.2) is 36.2 Å². The molecule has 164 valence electrons. The van der Waals surface area contributed by atoms with Crippen molar-refractivity contribution in [3.8, 4) is 0 Å². The van der Waals surface area contributed by atoms with Crippen LogP contribution in [0.25, 0.3) is 5.65 Å². The third kappa shape index (κ3) is 4.06. The fraction of sp³-hybridized carbons (Fsp3) is 0.227. The number of carbonyl (C=O) groups is 2. The number of anilines is 2. The van der Waals surface area contributed by atoms with Gasteiger partial charge in [0.2, 0.25) is 5.91 Å². The Kier molecular flexibility index (Phi) is 5.67. The Balaban J connectivity index is 1.49. The molecular weight excluding hydrogens is 430 g/mol. The van der Waals surface area contributed by atoms with Crippen LogP contribution in [0.15, 0.2) is 42.7 Å². The quantitative estimate of drug-likeness (QED) is 0.477. The Labute approximate surface area is 189 Å². The number of benzene rings is 1. The zero-order valence-electron chi connectivity index (χ0n) is 18.0. The van der Waals surface area contributed by atoms with Gasteiger partial charge in [-0.2, -0.15) is 10.2 Å². The van der Waals surface area contributed by atoms with Crippen molar-refractivity contribution in [2.75, 3.05) is 10.6 Å². The maximum atomic E-state index is 12.8. The summed E-state index contributed by atoms with van der Waals surface area (Å²) in [6.07, 6.45) is 3.34. The highest BCUT2D eigenvalue weighted by molar-refractivity contribution is 6.34. The highest BCUT2D eigenvalue weighted by atomic mass is 35.5. The molecule has 4 aromatic rings. The molecule has 4 rings (SSSR count). The molecule has 32 heavy (non-hydrogen) atoms. The van der Waals surface area contributed by atoms with Crippen molar-refractivity contribution in [2.45, 2.75) is 33.7 Å². The molecule has 0 spiro atoms. The van der Waals surface area contributed by atoms with Crippen molar-refractivity contribution in [1.82, 2.24) is 24.4 Å². The van der Waals surface area contributed by atoms with Gasteiger partial charge in [0.1, 0.15) is 11.6 Å². The van der Waals surface area contributed by atoms with Crippen molar-refractivity contribution in [3.05, 3.63) is 70.4 Å². The van der Waals surface area contributed by atoms with Crippen LogP contribution in [0.4, 0.5) is 11.4 Å². The average Bonchev–Trinajstić information content (AvgIpc) is 3.26. The largest absolute Gasteiger partial charge is 0.323 e. The second-order valence-electron chi connectivity index (χ2n) is 7.53. The Bertz CT molecular complexity index is 1340. The van der Waals surface area contributed by atoms with E-state index in [0.29, 0.717) is 33.3 Å². The number of halogens is 1. The molecule has 1 unspecified atom stereocenters. The molecule has 9 nitrogen and oxygen atoms in total. The van der Waals surface area contributed by atoms with Crippen molar-refractivity contribution in [2.24, 2.45) is 0 Å². The number of rotatable bonds is 5. The van der Waals surface area contributed by atoms with Gasteiger partial charge >= 0.3 is 0 Å². The van der Waals surface area contributed by atoms with Crippen LogP contribution in [0.5, 0.6) is 0 Å². The minimum atomic E-state index is -0.509. The van der Waals surface area contributed by atoms with Gasteiger partial charge in [0, 0.05) is 23.8 Å². The first-order chi connectivity index (χ1) is 15.2. The van der Waals surface area contributed by atoms with Gasteiger partial charge in [-0.25, -0.2) is 9.50 Å². The predicted molar refractivity (Wildman–Crippen MR) is 122 cm³/mol. The van der Waals surface area contributed by atoms with E-state index in [-0.39, 0.29) is 11.8 Å². The zero-order valence-corrected chi connectivity index (χ0v) is 18.8. The van der Waals surface area contributed by atoms with Gasteiger partial charge in [-0.15, -0.1) is 0 Å². The van der Waals surface area contributed by atoms with Gasteiger partial charge in [-0.3, -0.25) is 14.3 Å². The fourth-order valence-electron chi connectivity index (χ4n) is 3.54. The van der Waals surface area contributed by atoms with Crippen LogP contribution in [-0.2, 0) is 4.79 Å². The number of nitrogens with zero attached hydrogens (tertiary/aromatic N) is 5. The Hall–Kier alpha value is -3.72. The molecule has 3 heterocycles. The minimum Gasteiger partial charge on any atom is -0.323 e. The number of aromatic nitrogens is 5. The normalized spacial score (nSPS) is 12.0. The molecule has 3 aromatic heterocycles. The first-order valence-corrected chi connectivity index (χ1v) is 10.4. The first kappa shape index (κ1) is 21.5. The van der Waals surface area contributed by atoms with Crippen LogP contribution < -0.4 is 10.6 Å². The highest BCUT2D eigenvalue weighted by Crippen LogP contribution is 2.27. The monoisotopic (exact) mass is 451 g/mol. The number of amides is 2. The molecule has 0 aliphatic carbocycles. The lowest BCUT2D eigenvalue weighted by atomic mass is 10.2. The molecule has 10 heteroatoms. The standard InChI is InChI=1S/C22H22ClN7O2/c1-12-10-13(2)30(27-12)15(4)21(31)26-18-7-6-16(11-17(18)23)25-22(32)19-14(3)28-29-9-5-8-24-20(19)29/h5-11,15H,1-4H3,(H,25,32)(H,26,31). The van der Waals surface area contributed by atoms with Crippen molar-refractivity contribution in [1.29, 1.82) is 0 Å². The third-order valence-corrected chi connectivity index (χ3v) is 5.39. The SMILES string of the molecule is Cc1cc(C)n(C(C)C(=O)Nc2ccc(NC(=O)c3c(C)nn4cccnc34)cc2Cl)n1. The summed E-state index contributed by atoms with van der Waals surface area (Å²) in [5, 5.41) is 14.6. The smallest absolute Gasteiger partial charge is 0.261 e. The van der Waals surface area contributed by atoms with Gasteiger partial charge in [0.05, 0.1) is 22.1 Å². The molecule has 0 aliphatic rings. The van der Waals surface area contributed by atoms with E-state index in [0.717, 1.165) is 11.4 Å². The summed E-state index contributed by atoms with van der Waals surface area (Å²) in [7, 11) is 0. The summed E-state index contributed by atoms with van der Waals surface area (Å²) in [5.41, 5.74) is 4.09. The van der Waals surface area contributed by atoms with Crippen LogP contribution in [0.1, 0.15) is 40.4 Å². The van der Waals surface area contributed by atoms with E-state index in [2.05, 4.69) is 25.8 Å². The zero-order chi connectivity index (χ0) is 23.0. The molecule has 2 amide bonds. The van der Waals surface area contributed by atoms with E-state index in [1.54, 1.807) is 59.7 Å². The summed E-state index contributed by atoms with van der Waals surface area (Å²) in [4.78, 5) is 29.8. The number of fused-ring (bicyclic) bond motifs is 1. The average molecular weight is 452 g/mol. The van der Waals surface area contributed by atoms with E-state index in [4.69, 9.17) is 11.6 Å². The molecule has 0 radical (unpaired) electrons. The third-order valence-electron chi connectivity index (χ3n) is 5.07. The second-order valence-corrected chi connectivity index (χ2v) is 7.94. The molecule has 1 aromatic carbocycles. The molecule has 2 N–H and O–H groups in total. The Morgan fingerprint density at radius 1 is 1.09 bits per heavy atom. The van der Waals surface area contributed by atoms with E-state index in [1.807, 2.05) is 19.9 Å². The lowest BCUT2D eigenvalue weighted by Gasteiger charge is -2.16. The van der Waals surface area contributed by atoms with Crippen LogP contribution >= 0.6 is 11.6 Å². The van der Waals surface area contributed by atoms with Gasteiger partial charge < -0.3 is 10.6 Å². The fourth-order valence-corrected chi connectivity index (χ4v) is 3.76. The van der Waals surface area contributed by atoms with Crippen LogP contribution in [0, 0.1) is 20.8 Å². The van der Waals surface area contributed by atoms with E-state index in [1.165, 1.54) is 0 Å². The molecule has 0 saturated heterocycles. The number of nitrogens with one attached hydrogen (secondary N) is 2. The van der Waals surface area contributed by atoms with Crippen LogP contribution in [0.2, 0.25) is 5.02 Å². The van der Waals surface area contributed by atoms with E-state index >= 15 is 0 Å². The maximum absolute atomic E-state index is 12.8. The topological polar surface area (TPSA) is 106 Å². The lowest BCUT2D eigenvalue weighted by molar-refractivity contribution is -0.119. The summed E-state index contributed by atoms with van der Waals surface area (Å²) >= 11 is 6.38. The number of hydrogen-bond acceptors (Lipinski definition) is 5. The molecule has 0 aliphatic heterocycles. The van der Waals surface area contributed by atoms with Gasteiger partial charge in [-0.05, 0) is 58.0 Å². The van der Waals surface area contributed by atoms with E-state index in [9.17, 15) is 9.59 Å². The number of hydrogen-bond donors (Lipinski definition) is 2. The van der Waals surface area contributed by atoms with Gasteiger partial charge in [-0.1, -0.05) is 11.6 Å².